The molecule has 192 valence electrons. The minimum atomic E-state index is -0.677. The monoisotopic (exact) mass is 534 g/mol. The third-order valence-electron chi connectivity index (χ3n) is 5.75. The van der Waals surface area contributed by atoms with Crippen LogP contribution in [0.15, 0.2) is 108 Å². The lowest BCUT2D eigenvalue weighted by Gasteiger charge is -2.04. The number of esters is 1. The van der Waals surface area contributed by atoms with E-state index in [2.05, 4.69) is 53.8 Å². The van der Waals surface area contributed by atoms with Crippen LogP contribution in [0.2, 0.25) is 0 Å². The van der Waals surface area contributed by atoms with Crippen molar-refractivity contribution in [1.29, 1.82) is 0 Å². The summed E-state index contributed by atoms with van der Waals surface area (Å²) in [5, 5.41) is 15.9. The van der Waals surface area contributed by atoms with Crippen LogP contribution in [0.5, 0.6) is 5.75 Å². The number of aryl methyl sites for hydroxylation is 1. The van der Waals surface area contributed by atoms with Gasteiger partial charge in [-0.1, -0.05) is 77.6 Å². The number of anilines is 1. The highest BCUT2D eigenvalue weighted by Crippen LogP contribution is 2.39. The van der Waals surface area contributed by atoms with Crippen LogP contribution in [-0.4, -0.2) is 22.1 Å². The number of hydrazone groups is 1. The van der Waals surface area contributed by atoms with Crippen molar-refractivity contribution in [1.82, 2.24) is 4.98 Å². The molecule has 39 heavy (non-hydrogen) atoms. The minimum Gasteiger partial charge on any atom is -0.423 e. The Morgan fingerprint density at radius 3 is 2.41 bits per heavy atom. The molecule has 5 rings (SSSR count). The van der Waals surface area contributed by atoms with Crippen LogP contribution in [-0.2, 0) is 0 Å². The Balaban J connectivity index is 1.28. The lowest BCUT2D eigenvalue weighted by molar-refractivity contribution is -0.384. The van der Waals surface area contributed by atoms with Gasteiger partial charge in [0.25, 0.3) is 5.69 Å². The van der Waals surface area contributed by atoms with Gasteiger partial charge in [-0.15, -0.1) is 0 Å². The first-order chi connectivity index (χ1) is 19.0. The predicted octanol–water partition coefficient (Wildman–Crippen LogP) is 7.36. The van der Waals surface area contributed by atoms with E-state index < -0.39 is 10.9 Å². The molecule has 0 amide bonds. The first kappa shape index (κ1) is 25.5. The van der Waals surface area contributed by atoms with E-state index in [0.29, 0.717) is 10.9 Å². The molecule has 0 radical (unpaired) electrons. The molecule has 0 atom stereocenters. The molecule has 8 nitrogen and oxygen atoms in total. The van der Waals surface area contributed by atoms with Crippen LogP contribution < -0.4 is 10.2 Å². The highest BCUT2D eigenvalue weighted by molar-refractivity contribution is 7.19. The zero-order chi connectivity index (χ0) is 27.2. The quantitative estimate of drug-likeness (QED) is 0.0733. The number of non-ortho nitro benzene ring substituents is 1. The fourth-order valence-electron chi connectivity index (χ4n) is 3.76. The Morgan fingerprint density at radius 1 is 0.949 bits per heavy atom. The summed E-state index contributed by atoms with van der Waals surface area (Å²) >= 11 is 1.52. The normalized spacial score (nSPS) is 10.9. The zero-order valence-corrected chi connectivity index (χ0v) is 21.6. The summed E-state index contributed by atoms with van der Waals surface area (Å²) in [7, 11) is 0. The van der Waals surface area contributed by atoms with Crippen molar-refractivity contribution in [3.63, 3.8) is 0 Å². The highest BCUT2D eigenvalue weighted by Gasteiger charge is 2.15. The molecule has 9 heteroatoms. The van der Waals surface area contributed by atoms with Gasteiger partial charge in [0.05, 0.1) is 27.3 Å². The molecule has 5 aromatic rings. The number of nitrogens with one attached hydrogen (secondary N) is 1. The molecule has 0 aliphatic carbocycles. The van der Waals surface area contributed by atoms with E-state index in [1.165, 1.54) is 41.2 Å². The molecule has 1 N–H and O–H groups in total. The van der Waals surface area contributed by atoms with Crippen LogP contribution in [0, 0.1) is 17.0 Å². The summed E-state index contributed by atoms with van der Waals surface area (Å²) < 4.78 is 5.34. The Labute approximate surface area is 228 Å². The molecule has 0 fully saturated rings. The van der Waals surface area contributed by atoms with Crippen molar-refractivity contribution in [2.24, 2.45) is 5.10 Å². The lowest BCUT2D eigenvalue weighted by atomic mass is 10.1. The van der Waals surface area contributed by atoms with Crippen LogP contribution >= 0.6 is 11.3 Å². The molecule has 0 unspecified atom stereocenters. The van der Waals surface area contributed by atoms with E-state index >= 15 is 0 Å². The van der Waals surface area contributed by atoms with E-state index in [1.54, 1.807) is 30.5 Å². The second kappa shape index (κ2) is 11.5. The summed E-state index contributed by atoms with van der Waals surface area (Å²) in [5.41, 5.74) is 7.91. The van der Waals surface area contributed by atoms with Gasteiger partial charge >= 0.3 is 5.97 Å². The fourth-order valence-corrected chi connectivity index (χ4v) is 4.70. The standard InChI is InChI=1S/C30H22N4O4S/c1-20-10-14-22(15-11-20)27-28(23-6-3-2-4-7-23)39-30(32-27)33-31-19-21-12-16-26(17-13-21)38-29(35)24-8-5-9-25(18-24)34(36)37/h2-19H,1H3,(H,32,33)/b31-19-. The number of benzene rings is 4. The molecular formula is C30H22N4O4S. The predicted molar refractivity (Wildman–Crippen MR) is 153 cm³/mol. The first-order valence-electron chi connectivity index (χ1n) is 12.0. The number of aromatic nitrogens is 1. The largest absolute Gasteiger partial charge is 0.423 e. The summed E-state index contributed by atoms with van der Waals surface area (Å²) in [4.78, 5) is 28.6. The van der Waals surface area contributed by atoms with Crippen molar-refractivity contribution in [2.45, 2.75) is 6.92 Å². The Kier molecular flexibility index (Phi) is 7.51. The summed E-state index contributed by atoms with van der Waals surface area (Å²) in [6, 6.07) is 30.5. The second-order valence-electron chi connectivity index (χ2n) is 8.56. The molecule has 0 saturated heterocycles. The molecule has 0 aliphatic heterocycles. The van der Waals surface area contributed by atoms with Crippen molar-refractivity contribution >= 4 is 34.3 Å². The number of nitro benzene ring substituents is 1. The molecule has 0 bridgehead atoms. The third kappa shape index (κ3) is 6.23. The summed E-state index contributed by atoms with van der Waals surface area (Å²) in [5.74, 6) is -0.365. The first-order valence-corrected chi connectivity index (χ1v) is 12.8. The number of nitrogens with zero attached hydrogens (tertiary/aromatic N) is 3. The molecule has 0 spiro atoms. The van der Waals surface area contributed by atoms with Gasteiger partial charge in [-0.05, 0) is 48.4 Å². The van der Waals surface area contributed by atoms with E-state index in [0.717, 1.165) is 27.3 Å². The summed E-state index contributed by atoms with van der Waals surface area (Å²) in [6.45, 7) is 2.05. The van der Waals surface area contributed by atoms with Crippen LogP contribution in [0.1, 0.15) is 21.5 Å². The van der Waals surface area contributed by atoms with Crippen molar-refractivity contribution < 1.29 is 14.5 Å². The Hall–Kier alpha value is -5.15. The number of rotatable bonds is 8. The molecule has 1 aromatic heterocycles. The fraction of sp³-hybridized carbons (Fsp3) is 0.0333. The van der Waals surface area contributed by atoms with Gasteiger partial charge in [0, 0.05) is 17.7 Å². The van der Waals surface area contributed by atoms with Crippen LogP contribution in [0.4, 0.5) is 10.8 Å². The van der Waals surface area contributed by atoms with Gasteiger partial charge in [-0.3, -0.25) is 15.5 Å². The van der Waals surface area contributed by atoms with E-state index in [4.69, 9.17) is 9.72 Å². The molecule has 0 aliphatic rings. The van der Waals surface area contributed by atoms with Crippen molar-refractivity contribution in [3.05, 3.63) is 130 Å². The maximum atomic E-state index is 12.4. The SMILES string of the molecule is Cc1ccc(-c2nc(N/N=C\c3ccc(OC(=O)c4cccc([N+](=O)[O-])c4)cc3)sc2-c2ccccc2)cc1. The minimum absolute atomic E-state index is 0.0994. The van der Waals surface area contributed by atoms with Gasteiger partial charge in [0.1, 0.15) is 5.75 Å². The summed E-state index contributed by atoms with van der Waals surface area (Å²) in [6.07, 6.45) is 1.64. The molecule has 4 aromatic carbocycles. The van der Waals surface area contributed by atoms with Gasteiger partial charge in [0.15, 0.2) is 0 Å². The van der Waals surface area contributed by atoms with Crippen LogP contribution in [0.3, 0.4) is 0 Å². The molecular weight excluding hydrogens is 512 g/mol. The highest BCUT2D eigenvalue weighted by atomic mass is 32.1. The maximum Gasteiger partial charge on any atom is 0.343 e. The smallest absolute Gasteiger partial charge is 0.343 e. The van der Waals surface area contributed by atoms with Gasteiger partial charge in [0.2, 0.25) is 5.13 Å². The number of thiazole rings is 1. The van der Waals surface area contributed by atoms with E-state index in [9.17, 15) is 14.9 Å². The average Bonchev–Trinajstić information content (AvgIpc) is 3.39. The van der Waals surface area contributed by atoms with E-state index in [1.807, 2.05) is 18.2 Å². The number of carbonyl (C=O) groups is 1. The van der Waals surface area contributed by atoms with Crippen molar-refractivity contribution in [2.75, 3.05) is 5.43 Å². The van der Waals surface area contributed by atoms with E-state index in [-0.39, 0.29) is 11.3 Å². The number of ether oxygens (including phenoxy) is 1. The Morgan fingerprint density at radius 2 is 1.69 bits per heavy atom. The number of hydrogen-bond acceptors (Lipinski definition) is 8. The molecule has 1 heterocycles. The number of nitro groups is 1. The second-order valence-corrected chi connectivity index (χ2v) is 9.56. The maximum absolute atomic E-state index is 12.4. The van der Waals surface area contributed by atoms with Gasteiger partial charge < -0.3 is 4.74 Å². The van der Waals surface area contributed by atoms with Crippen molar-refractivity contribution in [3.8, 4) is 27.4 Å². The third-order valence-corrected chi connectivity index (χ3v) is 6.75. The lowest BCUT2D eigenvalue weighted by Crippen LogP contribution is -2.08. The zero-order valence-electron chi connectivity index (χ0n) is 20.8. The van der Waals surface area contributed by atoms with Crippen LogP contribution in [0.25, 0.3) is 21.7 Å². The van der Waals surface area contributed by atoms with Gasteiger partial charge in [-0.2, -0.15) is 5.10 Å². The molecule has 0 saturated carbocycles. The topological polar surface area (TPSA) is 107 Å². The van der Waals surface area contributed by atoms with Gasteiger partial charge in [-0.25, -0.2) is 9.78 Å². The number of carbonyl (C=O) groups excluding carboxylic acids is 1. The number of hydrogen-bond donors (Lipinski definition) is 1. The Bertz CT molecular complexity index is 1650. The average molecular weight is 535 g/mol.